The molecule has 0 fully saturated rings. The van der Waals surface area contributed by atoms with E-state index in [0.29, 0.717) is 0 Å². The zero-order valence-electron chi connectivity index (χ0n) is 7.19. The molecular weight excluding hydrogens is 182 g/mol. The predicted octanol–water partition coefficient (Wildman–Crippen LogP) is 2.19. The predicted molar refractivity (Wildman–Crippen MR) is 53.6 cm³/mol. The van der Waals surface area contributed by atoms with Crippen molar-refractivity contribution in [2.24, 2.45) is 0 Å². The Morgan fingerprint density at radius 1 is 1.31 bits per heavy atom. The molecule has 1 aromatic heterocycles. The Bertz CT molecular complexity index is 384. The number of aromatic amines is 1. The Hall–Kier alpha value is -1.29. The average Bonchev–Trinajstić information content (AvgIpc) is 2.70. The van der Waals surface area contributed by atoms with E-state index in [4.69, 9.17) is 0 Å². The molecule has 2 aromatic rings. The van der Waals surface area contributed by atoms with Crippen LogP contribution in [0.1, 0.15) is 0 Å². The normalized spacial score (nSPS) is 10.2. The highest BCUT2D eigenvalue weighted by atomic mass is 32.2. The number of benzene rings is 1. The van der Waals surface area contributed by atoms with Crippen molar-refractivity contribution in [1.82, 2.24) is 15.2 Å². The highest BCUT2D eigenvalue weighted by Gasteiger charge is 2.04. The molecule has 2 rings (SSSR count). The zero-order valence-corrected chi connectivity index (χ0v) is 8.01. The second-order valence-electron chi connectivity index (χ2n) is 2.53. The summed E-state index contributed by atoms with van der Waals surface area (Å²) in [6, 6.07) is 8.12. The number of nitrogens with one attached hydrogen (secondary N) is 1. The van der Waals surface area contributed by atoms with E-state index < -0.39 is 0 Å². The van der Waals surface area contributed by atoms with Crippen LogP contribution in [0.3, 0.4) is 0 Å². The summed E-state index contributed by atoms with van der Waals surface area (Å²) in [5.41, 5.74) is 1.10. The molecule has 0 aliphatic heterocycles. The van der Waals surface area contributed by atoms with Crippen molar-refractivity contribution in [3.05, 3.63) is 30.6 Å². The monoisotopic (exact) mass is 191 g/mol. The summed E-state index contributed by atoms with van der Waals surface area (Å²) in [6.45, 7) is 0. The fourth-order valence-electron chi connectivity index (χ4n) is 1.18. The molecule has 13 heavy (non-hydrogen) atoms. The fourth-order valence-corrected chi connectivity index (χ4v) is 1.77. The summed E-state index contributed by atoms with van der Waals surface area (Å²) in [5, 5.41) is 6.68. The maximum absolute atomic E-state index is 4.12. The molecule has 0 aliphatic carbocycles. The van der Waals surface area contributed by atoms with Gasteiger partial charge in [0.1, 0.15) is 6.33 Å². The topological polar surface area (TPSA) is 41.6 Å². The molecule has 1 heterocycles. The van der Waals surface area contributed by atoms with E-state index in [2.05, 4.69) is 27.5 Å². The Morgan fingerprint density at radius 3 is 2.85 bits per heavy atom. The smallest absolute Gasteiger partial charge is 0.156 e. The molecule has 0 aliphatic rings. The number of aromatic nitrogens is 3. The van der Waals surface area contributed by atoms with Gasteiger partial charge < -0.3 is 0 Å². The molecule has 0 radical (unpaired) electrons. The number of hydrogen-bond donors (Lipinski definition) is 1. The number of nitrogens with zero attached hydrogens (tertiary/aromatic N) is 2. The highest BCUT2D eigenvalue weighted by Crippen LogP contribution is 2.26. The minimum absolute atomic E-state index is 0.824. The van der Waals surface area contributed by atoms with Gasteiger partial charge in [0.15, 0.2) is 5.82 Å². The average molecular weight is 191 g/mol. The Balaban J connectivity index is 2.51. The van der Waals surface area contributed by atoms with Crippen molar-refractivity contribution in [2.75, 3.05) is 6.26 Å². The van der Waals surface area contributed by atoms with Gasteiger partial charge in [0.25, 0.3) is 0 Å². The number of thioether (sulfide) groups is 1. The summed E-state index contributed by atoms with van der Waals surface area (Å²) < 4.78 is 0. The maximum Gasteiger partial charge on any atom is 0.156 e. The molecule has 4 heteroatoms. The van der Waals surface area contributed by atoms with Gasteiger partial charge in [0, 0.05) is 10.5 Å². The van der Waals surface area contributed by atoms with Gasteiger partial charge in [0.2, 0.25) is 0 Å². The van der Waals surface area contributed by atoms with Crippen LogP contribution in [0.5, 0.6) is 0 Å². The summed E-state index contributed by atoms with van der Waals surface area (Å²) >= 11 is 1.71. The van der Waals surface area contributed by atoms with Gasteiger partial charge in [0.05, 0.1) is 0 Å². The van der Waals surface area contributed by atoms with Gasteiger partial charge in [-0.3, -0.25) is 5.10 Å². The van der Waals surface area contributed by atoms with Crippen LogP contribution in [0.25, 0.3) is 11.4 Å². The highest BCUT2D eigenvalue weighted by molar-refractivity contribution is 7.98. The molecule has 0 spiro atoms. The Kier molecular flexibility index (Phi) is 2.31. The first kappa shape index (κ1) is 8.31. The van der Waals surface area contributed by atoms with Gasteiger partial charge in [-0.25, -0.2) is 4.98 Å². The van der Waals surface area contributed by atoms with E-state index >= 15 is 0 Å². The molecule has 3 nitrogen and oxygen atoms in total. The van der Waals surface area contributed by atoms with Gasteiger partial charge in [-0.1, -0.05) is 18.2 Å². The first-order valence-corrected chi connectivity index (χ1v) is 5.13. The Labute approximate surface area is 80.6 Å². The molecule has 66 valence electrons. The van der Waals surface area contributed by atoms with E-state index in [9.17, 15) is 0 Å². The van der Waals surface area contributed by atoms with E-state index in [1.165, 1.54) is 11.2 Å². The zero-order chi connectivity index (χ0) is 9.10. The molecule has 0 saturated carbocycles. The van der Waals surface area contributed by atoms with Gasteiger partial charge in [-0.2, -0.15) is 5.10 Å². The van der Waals surface area contributed by atoms with E-state index in [1.54, 1.807) is 11.8 Å². The number of hydrogen-bond acceptors (Lipinski definition) is 3. The minimum Gasteiger partial charge on any atom is -0.259 e. The molecule has 0 amide bonds. The molecule has 1 N–H and O–H groups in total. The van der Waals surface area contributed by atoms with E-state index in [1.807, 2.05) is 18.2 Å². The summed E-state index contributed by atoms with van der Waals surface area (Å²) in [4.78, 5) is 5.32. The lowest BCUT2D eigenvalue weighted by Gasteiger charge is -2.02. The summed E-state index contributed by atoms with van der Waals surface area (Å²) in [6.07, 6.45) is 3.57. The number of H-pyrrole nitrogens is 1. The third-order valence-electron chi connectivity index (χ3n) is 1.78. The third kappa shape index (κ3) is 1.58. The molecule has 0 unspecified atom stereocenters. The molecule has 1 aromatic carbocycles. The van der Waals surface area contributed by atoms with Crippen molar-refractivity contribution >= 4 is 11.8 Å². The van der Waals surface area contributed by atoms with Crippen LogP contribution in [0.2, 0.25) is 0 Å². The maximum atomic E-state index is 4.12. The van der Waals surface area contributed by atoms with Crippen LogP contribution in [-0.2, 0) is 0 Å². The second-order valence-corrected chi connectivity index (χ2v) is 3.38. The molecule has 0 saturated heterocycles. The van der Waals surface area contributed by atoms with Crippen molar-refractivity contribution < 1.29 is 0 Å². The van der Waals surface area contributed by atoms with Crippen LogP contribution < -0.4 is 0 Å². The largest absolute Gasteiger partial charge is 0.259 e. The van der Waals surface area contributed by atoms with Crippen molar-refractivity contribution in [1.29, 1.82) is 0 Å². The molecule has 0 bridgehead atoms. The lowest BCUT2D eigenvalue weighted by Crippen LogP contribution is -1.83. The number of rotatable bonds is 2. The SMILES string of the molecule is CSc1ccccc1-c1ncn[nH]1. The first-order valence-electron chi connectivity index (χ1n) is 3.90. The van der Waals surface area contributed by atoms with Crippen molar-refractivity contribution in [3.8, 4) is 11.4 Å². The Morgan fingerprint density at radius 2 is 2.15 bits per heavy atom. The quantitative estimate of drug-likeness (QED) is 0.740. The lowest BCUT2D eigenvalue weighted by molar-refractivity contribution is 1.09. The van der Waals surface area contributed by atoms with Gasteiger partial charge >= 0.3 is 0 Å². The van der Waals surface area contributed by atoms with Crippen molar-refractivity contribution in [2.45, 2.75) is 4.90 Å². The molecule has 0 atom stereocenters. The van der Waals surface area contributed by atoms with Crippen LogP contribution in [0, 0.1) is 0 Å². The summed E-state index contributed by atoms with van der Waals surface area (Å²) in [7, 11) is 0. The van der Waals surface area contributed by atoms with Gasteiger partial charge in [-0.15, -0.1) is 11.8 Å². The minimum atomic E-state index is 0.824. The van der Waals surface area contributed by atoms with Gasteiger partial charge in [-0.05, 0) is 12.3 Å². The van der Waals surface area contributed by atoms with E-state index in [-0.39, 0.29) is 0 Å². The first-order chi connectivity index (χ1) is 6.42. The van der Waals surface area contributed by atoms with Crippen LogP contribution in [-0.4, -0.2) is 21.4 Å². The lowest BCUT2D eigenvalue weighted by atomic mass is 10.2. The standard InChI is InChI=1S/C9H9N3S/c1-13-8-5-3-2-4-7(8)9-10-6-11-12-9/h2-6H,1H3,(H,10,11,12). The third-order valence-corrected chi connectivity index (χ3v) is 2.57. The van der Waals surface area contributed by atoms with Crippen molar-refractivity contribution in [3.63, 3.8) is 0 Å². The fraction of sp³-hybridized carbons (Fsp3) is 0.111. The van der Waals surface area contributed by atoms with Crippen LogP contribution in [0.15, 0.2) is 35.5 Å². The van der Waals surface area contributed by atoms with Crippen LogP contribution in [0.4, 0.5) is 0 Å². The van der Waals surface area contributed by atoms with E-state index in [0.717, 1.165) is 11.4 Å². The van der Waals surface area contributed by atoms with Crippen LogP contribution >= 0.6 is 11.8 Å². The molecular formula is C9H9N3S. The summed E-state index contributed by atoms with van der Waals surface area (Å²) in [5.74, 6) is 0.824. The second kappa shape index (κ2) is 3.62.